The standard InChI is InChI=1S/C25H21FN8O2/c1-2-3-18(35)30-15-8-14(9-27-10-15)16-11-29-24-19(20(16)26)23(33-34-24)25-31-17-4-6-28-21(22(17)32-25)13-5-7-36-12-13/h4-12,18,30,35H,2-3H2,1H3,(H,31,32)(H,29,33,34). The van der Waals surface area contributed by atoms with E-state index in [-0.39, 0.29) is 16.6 Å². The van der Waals surface area contributed by atoms with Crippen molar-refractivity contribution < 1.29 is 13.9 Å². The molecular formula is C25H21FN8O2. The third-order valence-electron chi connectivity index (χ3n) is 5.90. The normalized spacial score (nSPS) is 12.4. The van der Waals surface area contributed by atoms with E-state index in [1.54, 1.807) is 49.3 Å². The zero-order valence-corrected chi connectivity index (χ0v) is 19.2. The first-order chi connectivity index (χ1) is 17.6. The van der Waals surface area contributed by atoms with Gasteiger partial charge < -0.3 is 19.8 Å². The van der Waals surface area contributed by atoms with Crippen LogP contribution >= 0.6 is 0 Å². The molecule has 0 radical (unpaired) electrons. The van der Waals surface area contributed by atoms with Crippen LogP contribution in [0.15, 0.2) is 59.9 Å². The van der Waals surface area contributed by atoms with Crippen molar-refractivity contribution in [3.05, 3.63) is 61.3 Å². The summed E-state index contributed by atoms with van der Waals surface area (Å²) in [5.41, 5.74) is 4.72. The molecule has 6 rings (SSSR count). The van der Waals surface area contributed by atoms with Crippen LogP contribution in [-0.4, -0.2) is 46.5 Å². The van der Waals surface area contributed by atoms with Gasteiger partial charge in [-0.25, -0.2) is 14.4 Å². The molecule has 0 saturated carbocycles. The molecule has 0 fully saturated rings. The summed E-state index contributed by atoms with van der Waals surface area (Å²) in [7, 11) is 0. The topological polar surface area (TPSA) is 141 Å². The van der Waals surface area contributed by atoms with Crippen LogP contribution in [0.4, 0.5) is 10.1 Å². The zero-order valence-electron chi connectivity index (χ0n) is 19.2. The fourth-order valence-corrected chi connectivity index (χ4v) is 4.19. The lowest BCUT2D eigenvalue weighted by atomic mass is 10.1. The van der Waals surface area contributed by atoms with E-state index in [2.05, 4.69) is 35.5 Å². The van der Waals surface area contributed by atoms with Crippen molar-refractivity contribution in [3.63, 3.8) is 0 Å². The summed E-state index contributed by atoms with van der Waals surface area (Å²) in [6.45, 7) is 1.98. The van der Waals surface area contributed by atoms with Crippen molar-refractivity contribution in [1.82, 2.24) is 35.1 Å². The van der Waals surface area contributed by atoms with E-state index in [0.29, 0.717) is 40.4 Å². The molecular weight excluding hydrogens is 463 g/mol. The fraction of sp³-hybridized carbons (Fsp3) is 0.160. The average molecular weight is 484 g/mol. The van der Waals surface area contributed by atoms with Gasteiger partial charge in [0.15, 0.2) is 11.5 Å². The first-order valence-corrected chi connectivity index (χ1v) is 11.4. The maximum atomic E-state index is 15.9. The maximum absolute atomic E-state index is 15.9. The smallest absolute Gasteiger partial charge is 0.184 e. The summed E-state index contributed by atoms with van der Waals surface area (Å²) in [5.74, 6) is -0.107. The predicted octanol–water partition coefficient (Wildman–Crippen LogP) is 4.89. The van der Waals surface area contributed by atoms with Gasteiger partial charge in [-0.2, -0.15) is 5.10 Å². The van der Waals surface area contributed by atoms with Crippen LogP contribution in [0.25, 0.3) is 56.0 Å². The molecule has 10 nitrogen and oxygen atoms in total. The number of nitrogens with zero attached hydrogens (tertiary/aromatic N) is 5. The van der Waals surface area contributed by atoms with Crippen LogP contribution in [-0.2, 0) is 0 Å². The number of anilines is 1. The van der Waals surface area contributed by atoms with Crippen LogP contribution in [0.3, 0.4) is 0 Å². The molecule has 0 aliphatic heterocycles. The highest BCUT2D eigenvalue weighted by Gasteiger charge is 2.21. The van der Waals surface area contributed by atoms with Crippen LogP contribution < -0.4 is 5.32 Å². The lowest BCUT2D eigenvalue weighted by Crippen LogP contribution is -2.18. The van der Waals surface area contributed by atoms with Gasteiger partial charge in [-0.1, -0.05) is 13.3 Å². The van der Waals surface area contributed by atoms with Crippen molar-refractivity contribution >= 4 is 27.8 Å². The van der Waals surface area contributed by atoms with Crippen molar-refractivity contribution in [2.24, 2.45) is 0 Å². The van der Waals surface area contributed by atoms with E-state index in [1.807, 2.05) is 6.92 Å². The number of aromatic amines is 2. The number of H-pyrrole nitrogens is 2. The Labute approximate surface area is 203 Å². The Morgan fingerprint density at radius 1 is 1.17 bits per heavy atom. The number of hydrogen-bond acceptors (Lipinski definition) is 8. The number of nitrogens with one attached hydrogen (secondary N) is 3. The van der Waals surface area contributed by atoms with Gasteiger partial charge in [-0.05, 0) is 24.6 Å². The zero-order chi connectivity index (χ0) is 24.6. The summed E-state index contributed by atoms with van der Waals surface area (Å²) >= 11 is 0. The SMILES string of the molecule is CCCC(O)Nc1cncc(-c2cnc3n[nH]c(-c4nc5c(-c6ccoc6)nccc5[nH]4)c3c2F)c1. The number of hydrogen-bond donors (Lipinski definition) is 4. The number of furan rings is 1. The van der Waals surface area contributed by atoms with Crippen LogP contribution in [0.2, 0.25) is 0 Å². The molecule has 0 spiro atoms. The second-order valence-electron chi connectivity index (χ2n) is 8.35. The molecule has 11 heteroatoms. The second kappa shape index (κ2) is 8.86. The third-order valence-corrected chi connectivity index (χ3v) is 5.90. The minimum absolute atomic E-state index is 0.203. The Morgan fingerprint density at radius 3 is 2.92 bits per heavy atom. The quantitative estimate of drug-likeness (QED) is 0.235. The Bertz CT molecular complexity index is 1670. The van der Waals surface area contributed by atoms with Gasteiger partial charge in [-0.3, -0.25) is 15.1 Å². The molecule has 0 saturated heterocycles. The molecule has 6 aromatic rings. The van der Waals surface area contributed by atoms with E-state index >= 15 is 4.39 Å². The monoisotopic (exact) mass is 484 g/mol. The number of halogens is 1. The number of imidazole rings is 1. The largest absolute Gasteiger partial charge is 0.472 e. The highest BCUT2D eigenvalue weighted by molar-refractivity contribution is 5.96. The van der Waals surface area contributed by atoms with Crippen LogP contribution in [0.1, 0.15) is 19.8 Å². The first-order valence-electron chi connectivity index (χ1n) is 11.4. The van der Waals surface area contributed by atoms with Gasteiger partial charge in [0.05, 0.1) is 35.3 Å². The molecule has 0 amide bonds. The van der Waals surface area contributed by atoms with Crippen molar-refractivity contribution in [2.75, 3.05) is 5.32 Å². The molecule has 4 N–H and O–H groups in total. The molecule has 6 heterocycles. The molecule has 0 aliphatic rings. The minimum Gasteiger partial charge on any atom is -0.472 e. The molecule has 180 valence electrons. The highest BCUT2D eigenvalue weighted by Crippen LogP contribution is 2.34. The van der Waals surface area contributed by atoms with Crippen molar-refractivity contribution in [3.8, 4) is 33.9 Å². The van der Waals surface area contributed by atoms with E-state index < -0.39 is 12.0 Å². The number of fused-ring (bicyclic) bond motifs is 2. The summed E-state index contributed by atoms with van der Waals surface area (Å²) in [6.07, 6.45) is 10.1. The molecule has 0 bridgehead atoms. The molecule has 6 aromatic heterocycles. The van der Waals surface area contributed by atoms with Gasteiger partial charge in [0.2, 0.25) is 0 Å². The maximum Gasteiger partial charge on any atom is 0.184 e. The minimum atomic E-state index is -0.715. The first kappa shape index (κ1) is 21.9. The summed E-state index contributed by atoms with van der Waals surface area (Å²) in [5, 5.41) is 20.3. The van der Waals surface area contributed by atoms with E-state index in [9.17, 15) is 5.11 Å². The molecule has 1 atom stereocenters. The average Bonchev–Trinajstić information content (AvgIpc) is 3.63. The van der Waals surface area contributed by atoms with Gasteiger partial charge in [0.25, 0.3) is 0 Å². The number of rotatable bonds is 7. The van der Waals surface area contributed by atoms with Crippen molar-refractivity contribution in [1.29, 1.82) is 0 Å². The van der Waals surface area contributed by atoms with Crippen LogP contribution in [0, 0.1) is 5.82 Å². The lowest BCUT2D eigenvalue weighted by molar-refractivity contribution is 0.192. The number of aromatic nitrogens is 7. The van der Waals surface area contributed by atoms with Crippen molar-refractivity contribution in [2.45, 2.75) is 26.0 Å². The van der Waals surface area contributed by atoms with Gasteiger partial charge in [0, 0.05) is 35.3 Å². The predicted molar refractivity (Wildman–Crippen MR) is 132 cm³/mol. The molecule has 0 aromatic carbocycles. The third kappa shape index (κ3) is 3.75. The Balaban J connectivity index is 1.44. The number of aliphatic hydroxyl groups excluding tert-OH is 1. The molecule has 0 aliphatic carbocycles. The molecule has 1 unspecified atom stereocenters. The Kier molecular flexibility index (Phi) is 5.38. The summed E-state index contributed by atoms with van der Waals surface area (Å²) in [4.78, 5) is 20.9. The Hall–Kier alpha value is -4.64. The van der Waals surface area contributed by atoms with Crippen LogP contribution in [0.5, 0.6) is 0 Å². The van der Waals surface area contributed by atoms with Gasteiger partial charge in [0.1, 0.15) is 28.9 Å². The summed E-state index contributed by atoms with van der Waals surface area (Å²) in [6, 6.07) is 5.32. The molecule has 36 heavy (non-hydrogen) atoms. The van der Waals surface area contributed by atoms with E-state index in [4.69, 9.17) is 9.40 Å². The van der Waals surface area contributed by atoms with Gasteiger partial charge in [-0.15, -0.1) is 0 Å². The van der Waals surface area contributed by atoms with Gasteiger partial charge >= 0.3 is 0 Å². The second-order valence-corrected chi connectivity index (χ2v) is 8.35. The van der Waals surface area contributed by atoms with E-state index in [1.165, 1.54) is 6.20 Å². The van der Waals surface area contributed by atoms with E-state index in [0.717, 1.165) is 17.5 Å². The lowest BCUT2D eigenvalue weighted by Gasteiger charge is -2.13. The number of aliphatic hydroxyl groups is 1. The Morgan fingerprint density at radius 2 is 2.08 bits per heavy atom. The fourth-order valence-electron chi connectivity index (χ4n) is 4.19. The number of pyridine rings is 3. The highest BCUT2D eigenvalue weighted by atomic mass is 19.1. The summed E-state index contributed by atoms with van der Waals surface area (Å²) < 4.78 is 21.1.